The maximum atomic E-state index is 12.1. The van der Waals surface area contributed by atoms with Crippen molar-refractivity contribution in [3.8, 4) is 28.3 Å². The number of benzene rings is 1. The molecule has 164 valence electrons. The predicted molar refractivity (Wildman–Crippen MR) is 118 cm³/mol. The highest BCUT2D eigenvalue weighted by Crippen LogP contribution is 2.39. The molecule has 0 saturated heterocycles. The average Bonchev–Trinajstić information content (AvgIpc) is 3.31. The van der Waals surface area contributed by atoms with E-state index in [0.29, 0.717) is 33.8 Å². The molecule has 0 bridgehead atoms. The van der Waals surface area contributed by atoms with Crippen LogP contribution in [0.15, 0.2) is 53.1 Å². The summed E-state index contributed by atoms with van der Waals surface area (Å²) in [5.41, 5.74) is 2.40. The molecule has 5 rings (SSSR count). The maximum Gasteiger partial charge on any atom is 0.391 e. The summed E-state index contributed by atoms with van der Waals surface area (Å²) in [6.07, 6.45) is 3.48. The van der Waals surface area contributed by atoms with Crippen LogP contribution in [-0.2, 0) is 9.36 Å². The number of nitrogens with one attached hydrogen (secondary N) is 1. The summed E-state index contributed by atoms with van der Waals surface area (Å²) in [5, 5.41) is 13.6. The Labute approximate surface area is 182 Å². The molecule has 0 atom stereocenters. The minimum Gasteiger partial charge on any atom is -0.507 e. The van der Waals surface area contributed by atoms with Crippen LogP contribution >= 0.6 is 7.60 Å². The lowest BCUT2D eigenvalue weighted by Crippen LogP contribution is -2.13. The number of hydrogen-bond donors (Lipinski definition) is 4. The van der Waals surface area contributed by atoms with Crippen LogP contribution in [0.25, 0.3) is 28.2 Å². The van der Waals surface area contributed by atoms with Gasteiger partial charge < -0.3 is 24.6 Å². The molecule has 1 fully saturated rings. The number of nitrogens with zero attached hydrogens (tertiary/aromatic N) is 2. The van der Waals surface area contributed by atoms with Crippen LogP contribution in [0.1, 0.15) is 18.4 Å². The fraction of sp³-hybridized carbons (Fsp3) is 0.182. The Kier molecular flexibility index (Phi) is 4.70. The molecule has 32 heavy (non-hydrogen) atoms. The summed E-state index contributed by atoms with van der Waals surface area (Å²) < 4.78 is 18.6. The van der Waals surface area contributed by atoms with Gasteiger partial charge in [0.2, 0.25) is 11.4 Å². The molecule has 4 aromatic rings. The zero-order valence-corrected chi connectivity index (χ0v) is 17.9. The van der Waals surface area contributed by atoms with E-state index < -0.39 is 13.1 Å². The first-order chi connectivity index (χ1) is 15.2. The normalized spacial score (nSPS) is 14.1. The van der Waals surface area contributed by atoms with Crippen LogP contribution in [0.2, 0.25) is 0 Å². The summed E-state index contributed by atoms with van der Waals surface area (Å²) in [7, 11) is -4.52. The first kappa shape index (κ1) is 20.5. The lowest BCUT2D eigenvalue weighted by Gasteiger charge is -2.12. The summed E-state index contributed by atoms with van der Waals surface area (Å²) in [4.78, 5) is 35.2. The van der Waals surface area contributed by atoms with Gasteiger partial charge in [-0.05, 0) is 61.7 Å². The number of anilines is 1. The Bertz CT molecular complexity index is 1410. The highest BCUT2D eigenvalue weighted by molar-refractivity contribution is 7.59. The molecule has 9 nitrogen and oxygen atoms in total. The van der Waals surface area contributed by atoms with Gasteiger partial charge in [0, 0.05) is 17.0 Å². The van der Waals surface area contributed by atoms with E-state index in [2.05, 4.69) is 10.3 Å². The smallest absolute Gasteiger partial charge is 0.391 e. The van der Waals surface area contributed by atoms with Crippen molar-refractivity contribution >= 4 is 30.5 Å². The molecular formula is C22H20N3O6P. The molecule has 1 aliphatic carbocycles. The van der Waals surface area contributed by atoms with Gasteiger partial charge in [-0.1, -0.05) is 6.07 Å². The van der Waals surface area contributed by atoms with Gasteiger partial charge in [0.15, 0.2) is 5.82 Å². The van der Waals surface area contributed by atoms with Crippen LogP contribution in [0.5, 0.6) is 5.75 Å². The van der Waals surface area contributed by atoms with Gasteiger partial charge in [0.25, 0.3) is 0 Å². The van der Waals surface area contributed by atoms with Crippen molar-refractivity contribution in [2.24, 2.45) is 5.92 Å². The number of amides is 1. The van der Waals surface area contributed by atoms with Crippen molar-refractivity contribution < 1.29 is 28.7 Å². The van der Waals surface area contributed by atoms with Crippen molar-refractivity contribution in [3.63, 3.8) is 0 Å². The van der Waals surface area contributed by atoms with Crippen molar-refractivity contribution in [1.82, 2.24) is 9.38 Å². The van der Waals surface area contributed by atoms with Gasteiger partial charge in [-0.3, -0.25) is 13.8 Å². The van der Waals surface area contributed by atoms with Crippen molar-refractivity contribution in [3.05, 3.63) is 54.2 Å². The molecule has 4 N–H and O–H groups in total. The molecule has 0 aliphatic heterocycles. The Morgan fingerprint density at radius 1 is 1.22 bits per heavy atom. The highest BCUT2D eigenvalue weighted by atomic mass is 31.2. The summed E-state index contributed by atoms with van der Waals surface area (Å²) in [5.74, 6) is 0.755. The Morgan fingerprint density at radius 3 is 2.69 bits per heavy atom. The fourth-order valence-corrected chi connectivity index (χ4v) is 4.11. The van der Waals surface area contributed by atoms with E-state index in [1.165, 1.54) is 12.1 Å². The van der Waals surface area contributed by atoms with E-state index in [9.17, 15) is 24.3 Å². The maximum absolute atomic E-state index is 12.1. The number of hydrogen-bond acceptors (Lipinski definition) is 5. The summed E-state index contributed by atoms with van der Waals surface area (Å²) in [6.45, 7) is 1.73. The molecule has 0 unspecified atom stereocenters. The molecule has 1 saturated carbocycles. The lowest BCUT2D eigenvalue weighted by atomic mass is 10.0. The number of furan rings is 1. The summed E-state index contributed by atoms with van der Waals surface area (Å²) >= 11 is 0. The number of aromatic hydroxyl groups is 1. The third kappa shape index (κ3) is 3.71. The Morgan fingerprint density at radius 2 is 2.00 bits per heavy atom. The number of phenolic OH excluding ortho intramolecular Hbond substituents is 1. The van der Waals surface area contributed by atoms with Gasteiger partial charge >= 0.3 is 7.60 Å². The van der Waals surface area contributed by atoms with Crippen LogP contribution in [0, 0.1) is 12.8 Å². The van der Waals surface area contributed by atoms with Crippen LogP contribution < -0.4 is 10.8 Å². The van der Waals surface area contributed by atoms with Crippen molar-refractivity contribution in [2.75, 3.05) is 5.32 Å². The van der Waals surface area contributed by atoms with Crippen molar-refractivity contribution in [1.29, 1.82) is 0 Å². The first-order valence-corrected chi connectivity index (χ1v) is 11.6. The van der Waals surface area contributed by atoms with E-state index in [1.54, 1.807) is 41.8 Å². The van der Waals surface area contributed by atoms with Crippen molar-refractivity contribution in [2.45, 2.75) is 19.8 Å². The molecule has 0 radical (unpaired) electrons. The predicted octanol–water partition coefficient (Wildman–Crippen LogP) is 3.43. The number of imidazole rings is 1. The number of phenols is 1. The van der Waals surface area contributed by atoms with Gasteiger partial charge in [-0.25, -0.2) is 4.98 Å². The number of rotatable bonds is 5. The van der Waals surface area contributed by atoms with Crippen LogP contribution in [0.3, 0.4) is 0 Å². The second kappa shape index (κ2) is 7.34. The molecule has 3 aromatic heterocycles. The molecule has 1 amide bonds. The van der Waals surface area contributed by atoms with E-state index in [-0.39, 0.29) is 23.3 Å². The first-order valence-electron chi connectivity index (χ1n) is 10.00. The lowest BCUT2D eigenvalue weighted by molar-refractivity contribution is -0.117. The molecular weight excluding hydrogens is 433 g/mol. The van der Waals surface area contributed by atoms with Crippen LogP contribution in [0.4, 0.5) is 5.82 Å². The summed E-state index contributed by atoms with van der Waals surface area (Å²) in [6, 6.07) is 11.5. The van der Waals surface area contributed by atoms with E-state index >= 15 is 0 Å². The third-order valence-electron chi connectivity index (χ3n) is 5.43. The molecule has 1 aromatic carbocycles. The minimum absolute atomic E-state index is 0.0469. The largest absolute Gasteiger partial charge is 0.507 e. The quantitative estimate of drug-likeness (QED) is 0.340. The van der Waals surface area contributed by atoms with Gasteiger partial charge in [-0.2, -0.15) is 0 Å². The second-order valence-corrected chi connectivity index (χ2v) is 9.43. The number of carbonyl (C=O) groups is 1. The fourth-order valence-electron chi connectivity index (χ4n) is 3.62. The Balaban J connectivity index is 1.59. The van der Waals surface area contributed by atoms with E-state index in [0.717, 1.165) is 12.8 Å². The number of pyridine rings is 1. The highest BCUT2D eigenvalue weighted by Gasteiger charge is 2.30. The zero-order chi connectivity index (χ0) is 22.6. The van der Waals surface area contributed by atoms with Gasteiger partial charge in [0.05, 0.1) is 11.9 Å². The minimum atomic E-state index is -4.52. The number of aromatic nitrogens is 2. The Hall–Kier alpha value is -3.39. The monoisotopic (exact) mass is 453 g/mol. The molecule has 10 heteroatoms. The van der Waals surface area contributed by atoms with E-state index in [1.807, 2.05) is 6.07 Å². The number of aryl methyl sites for hydroxylation is 1. The topological polar surface area (TPSA) is 137 Å². The number of carbonyl (C=O) groups excluding carboxylic acids is 1. The second-order valence-electron chi connectivity index (χ2n) is 7.90. The standard InChI is InChI=1S/C22H20N3O6P/c1-12-9-14(17-7-8-20(31-17)32(28,29)30)10-15(21(12)26)16-3-2-4-19-23-18(11-25(16)19)24-22(27)13-5-6-13/h2-4,7-11,13,26H,5-6H2,1H3,(H,24,27)(H2,28,29,30). The van der Waals surface area contributed by atoms with Gasteiger partial charge in [-0.15, -0.1) is 0 Å². The van der Waals surface area contributed by atoms with Gasteiger partial charge in [0.1, 0.15) is 17.2 Å². The van der Waals surface area contributed by atoms with E-state index in [4.69, 9.17) is 4.42 Å². The third-order valence-corrected chi connectivity index (χ3v) is 6.25. The average molecular weight is 453 g/mol. The SMILES string of the molecule is Cc1cc(-c2ccc(P(=O)(O)O)o2)cc(-c2cccc3nc(NC(=O)C4CC4)cn23)c1O. The molecule has 0 spiro atoms. The number of fused-ring (bicyclic) bond motifs is 1. The molecule has 3 heterocycles. The zero-order valence-electron chi connectivity index (χ0n) is 17.0. The molecule has 1 aliphatic rings. The van der Waals surface area contributed by atoms with Crippen LogP contribution in [-0.4, -0.2) is 30.2 Å².